The monoisotopic (exact) mass is 280 g/mol. The van der Waals surface area contributed by atoms with E-state index in [0.29, 0.717) is 12.3 Å². The molecule has 2 heteroatoms. The van der Waals surface area contributed by atoms with E-state index in [0.717, 1.165) is 11.5 Å². The molecule has 0 aromatic heterocycles. The van der Waals surface area contributed by atoms with Gasteiger partial charge in [0.25, 0.3) is 0 Å². The van der Waals surface area contributed by atoms with Crippen LogP contribution in [0.15, 0.2) is 24.3 Å². The number of alkyl halides is 2. The van der Waals surface area contributed by atoms with Crippen LogP contribution >= 0.6 is 0 Å². The zero-order chi connectivity index (χ0) is 14.4. The lowest BCUT2D eigenvalue weighted by molar-refractivity contribution is 0.138. The molecule has 2 rings (SSSR count). The minimum atomic E-state index is -2.19. The van der Waals surface area contributed by atoms with E-state index in [1.54, 1.807) is 0 Å². The third-order valence-corrected chi connectivity index (χ3v) is 4.65. The van der Waals surface area contributed by atoms with Gasteiger partial charge in [-0.2, -0.15) is 0 Å². The Morgan fingerprint density at radius 2 is 1.70 bits per heavy atom. The van der Waals surface area contributed by atoms with Crippen molar-refractivity contribution < 1.29 is 8.78 Å². The number of halogens is 2. The molecule has 0 atom stereocenters. The lowest BCUT2D eigenvalue weighted by Crippen LogP contribution is -2.13. The average molecular weight is 280 g/mol. The predicted octanol–water partition coefficient (Wildman–Crippen LogP) is 5.96. The molecule has 1 fully saturated rings. The highest BCUT2D eigenvalue weighted by atomic mass is 19.3. The van der Waals surface area contributed by atoms with Gasteiger partial charge in [-0.1, -0.05) is 44.0 Å². The molecule has 1 saturated carbocycles. The first-order chi connectivity index (χ1) is 9.69. The van der Waals surface area contributed by atoms with Crippen LogP contribution in [0.25, 0.3) is 0 Å². The van der Waals surface area contributed by atoms with Crippen LogP contribution in [0, 0.1) is 5.92 Å². The van der Waals surface area contributed by atoms with E-state index in [4.69, 9.17) is 0 Å². The van der Waals surface area contributed by atoms with Crippen LogP contribution < -0.4 is 0 Å². The molecule has 1 aliphatic rings. The van der Waals surface area contributed by atoms with Crippen molar-refractivity contribution in [1.29, 1.82) is 0 Å². The zero-order valence-electron chi connectivity index (χ0n) is 12.5. The lowest BCUT2D eigenvalue weighted by Gasteiger charge is -2.28. The molecule has 0 heterocycles. The highest BCUT2D eigenvalue weighted by molar-refractivity contribution is 5.26. The van der Waals surface area contributed by atoms with E-state index in [1.807, 2.05) is 12.1 Å². The van der Waals surface area contributed by atoms with Gasteiger partial charge in [-0.15, -0.1) is 0 Å². The van der Waals surface area contributed by atoms with Gasteiger partial charge in [0.1, 0.15) is 0 Å². The molecular formula is C18H26F2. The summed E-state index contributed by atoms with van der Waals surface area (Å²) in [5.41, 5.74) is 2.44. The van der Waals surface area contributed by atoms with E-state index < -0.39 is 6.43 Å². The molecule has 1 aliphatic carbocycles. The second-order valence-corrected chi connectivity index (χ2v) is 6.18. The largest absolute Gasteiger partial charge is 0.239 e. The van der Waals surface area contributed by atoms with Gasteiger partial charge < -0.3 is 0 Å². The lowest BCUT2D eigenvalue weighted by atomic mass is 9.77. The van der Waals surface area contributed by atoms with E-state index in [-0.39, 0.29) is 6.42 Å². The summed E-state index contributed by atoms with van der Waals surface area (Å²) in [5.74, 6) is 1.62. The fraction of sp³-hybridized carbons (Fsp3) is 0.667. The second-order valence-electron chi connectivity index (χ2n) is 6.18. The minimum Gasteiger partial charge on any atom is -0.211 e. The SMILES string of the molecule is CCC[C@H]1CC[C@H](c2ccc(CCC(F)F)cc2)CC1. The Morgan fingerprint density at radius 1 is 1.05 bits per heavy atom. The predicted molar refractivity (Wildman–Crippen MR) is 80.4 cm³/mol. The Hall–Kier alpha value is -0.920. The molecule has 0 N–H and O–H groups in total. The van der Waals surface area contributed by atoms with E-state index >= 15 is 0 Å². The molecule has 0 saturated heterocycles. The zero-order valence-corrected chi connectivity index (χ0v) is 12.5. The molecule has 0 bridgehead atoms. The van der Waals surface area contributed by atoms with Crippen LogP contribution in [-0.4, -0.2) is 6.43 Å². The van der Waals surface area contributed by atoms with Gasteiger partial charge in [-0.05, 0) is 55.1 Å². The summed E-state index contributed by atoms with van der Waals surface area (Å²) < 4.78 is 24.4. The maximum atomic E-state index is 12.2. The van der Waals surface area contributed by atoms with Crippen molar-refractivity contribution in [1.82, 2.24) is 0 Å². The van der Waals surface area contributed by atoms with Crippen LogP contribution in [0.5, 0.6) is 0 Å². The van der Waals surface area contributed by atoms with Crippen LogP contribution in [0.1, 0.15) is 68.9 Å². The van der Waals surface area contributed by atoms with Gasteiger partial charge in [0, 0.05) is 6.42 Å². The highest BCUT2D eigenvalue weighted by Crippen LogP contribution is 2.37. The Labute approximate surface area is 121 Å². The number of hydrogen-bond acceptors (Lipinski definition) is 0. The third kappa shape index (κ3) is 4.57. The van der Waals surface area contributed by atoms with Crippen molar-refractivity contribution in [2.75, 3.05) is 0 Å². The Morgan fingerprint density at radius 3 is 2.25 bits per heavy atom. The highest BCUT2D eigenvalue weighted by Gasteiger charge is 2.21. The van der Waals surface area contributed by atoms with Crippen molar-refractivity contribution in [2.45, 2.75) is 70.6 Å². The first-order valence-corrected chi connectivity index (χ1v) is 8.06. The summed E-state index contributed by atoms with van der Waals surface area (Å²) in [6.45, 7) is 2.27. The smallest absolute Gasteiger partial charge is 0.211 e. The van der Waals surface area contributed by atoms with Crippen LogP contribution in [0.2, 0.25) is 0 Å². The molecule has 0 nitrogen and oxygen atoms in total. The van der Waals surface area contributed by atoms with Gasteiger partial charge in [0.05, 0.1) is 0 Å². The minimum absolute atomic E-state index is 0.0263. The summed E-state index contributed by atoms with van der Waals surface area (Å²) in [4.78, 5) is 0. The molecular weight excluding hydrogens is 254 g/mol. The van der Waals surface area contributed by atoms with Gasteiger partial charge in [0.15, 0.2) is 0 Å². The maximum Gasteiger partial charge on any atom is 0.239 e. The molecule has 0 amide bonds. The third-order valence-electron chi connectivity index (χ3n) is 4.65. The Kier molecular flexibility index (Phi) is 6.00. The Balaban J connectivity index is 1.84. The van der Waals surface area contributed by atoms with Crippen molar-refractivity contribution in [3.63, 3.8) is 0 Å². The van der Waals surface area contributed by atoms with E-state index in [2.05, 4.69) is 19.1 Å². The average Bonchev–Trinajstić information content (AvgIpc) is 2.47. The Bertz CT molecular complexity index is 375. The molecule has 0 unspecified atom stereocenters. The number of rotatable bonds is 6. The van der Waals surface area contributed by atoms with Gasteiger partial charge in [0.2, 0.25) is 6.43 Å². The molecule has 0 aliphatic heterocycles. The maximum absolute atomic E-state index is 12.2. The molecule has 0 radical (unpaired) electrons. The summed E-state index contributed by atoms with van der Waals surface area (Å²) in [6, 6.07) is 8.39. The van der Waals surface area contributed by atoms with Crippen molar-refractivity contribution in [2.24, 2.45) is 5.92 Å². The summed E-state index contributed by atoms with van der Waals surface area (Å²) in [5, 5.41) is 0. The van der Waals surface area contributed by atoms with Crippen LogP contribution in [0.3, 0.4) is 0 Å². The second kappa shape index (κ2) is 7.75. The first kappa shape index (κ1) is 15.5. The number of benzene rings is 1. The molecule has 20 heavy (non-hydrogen) atoms. The topological polar surface area (TPSA) is 0 Å². The van der Waals surface area contributed by atoms with Gasteiger partial charge >= 0.3 is 0 Å². The van der Waals surface area contributed by atoms with Crippen molar-refractivity contribution >= 4 is 0 Å². The molecule has 112 valence electrons. The van der Waals surface area contributed by atoms with Crippen molar-refractivity contribution in [3.8, 4) is 0 Å². The van der Waals surface area contributed by atoms with Crippen LogP contribution in [-0.2, 0) is 6.42 Å². The molecule has 0 spiro atoms. The number of hydrogen-bond donors (Lipinski definition) is 0. The quantitative estimate of drug-likeness (QED) is 0.603. The fourth-order valence-corrected chi connectivity index (χ4v) is 3.42. The standard InChI is InChI=1S/C18H26F2/c1-2-3-14-4-9-16(10-5-14)17-11-6-15(7-12-17)8-13-18(19)20/h6-7,11-12,14,16,18H,2-5,8-10,13H2,1H3/t14-,16-. The van der Waals surface area contributed by atoms with Gasteiger partial charge in [-0.3, -0.25) is 0 Å². The van der Waals surface area contributed by atoms with Crippen LogP contribution in [0.4, 0.5) is 8.78 Å². The summed E-state index contributed by atoms with van der Waals surface area (Å²) in [7, 11) is 0. The first-order valence-electron chi connectivity index (χ1n) is 8.06. The summed E-state index contributed by atoms with van der Waals surface area (Å²) >= 11 is 0. The number of aryl methyl sites for hydroxylation is 1. The molecule has 1 aromatic rings. The summed E-state index contributed by atoms with van der Waals surface area (Å²) in [6.07, 6.45) is 6.23. The van der Waals surface area contributed by atoms with Gasteiger partial charge in [-0.25, -0.2) is 8.78 Å². The van der Waals surface area contributed by atoms with E-state index in [1.165, 1.54) is 44.1 Å². The molecule has 1 aromatic carbocycles. The normalized spacial score (nSPS) is 23.2. The van der Waals surface area contributed by atoms with E-state index in [9.17, 15) is 8.78 Å². The van der Waals surface area contributed by atoms with Crippen molar-refractivity contribution in [3.05, 3.63) is 35.4 Å². The fourth-order valence-electron chi connectivity index (χ4n) is 3.42.